The molecule has 7 heteroatoms. The van der Waals surface area contributed by atoms with E-state index in [1.54, 1.807) is 12.1 Å². The van der Waals surface area contributed by atoms with Crippen molar-refractivity contribution in [1.82, 2.24) is 4.31 Å². The lowest BCUT2D eigenvalue weighted by atomic mass is 10.2. The van der Waals surface area contributed by atoms with Crippen LogP contribution in [0.25, 0.3) is 0 Å². The normalized spacial score (nSPS) is 17.2. The molecule has 0 aliphatic carbocycles. The van der Waals surface area contributed by atoms with E-state index in [4.69, 9.17) is 5.11 Å². The van der Waals surface area contributed by atoms with Crippen LogP contribution in [0.3, 0.4) is 0 Å². The molecule has 1 aliphatic rings. The number of hydrogen-bond acceptors (Lipinski definition) is 4. The van der Waals surface area contributed by atoms with E-state index in [0.29, 0.717) is 36.6 Å². The first-order chi connectivity index (χ1) is 10.0. The van der Waals surface area contributed by atoms with Gasteiger partial charge < -0.3 is 5.11 Å². The number of nitrogens with zero attached hydrogens (tertiary/aromatic N) is 1. The zero-order valence-corrected chi connectivity index (χ0v) is 13.1. The van der Waals surface area contributed by atoms with Crippen LogP contribution in [0.5, 0.6) is 0 Å². The Hall–Kier alpha value is -1.20. The van der Waals surface area contributed by atoms with E-state index in [2.05, 4.69) is 11.8 Å². The quantitative estimate of drug-likeness (QED) is 0.804. The second-order valence-electron chi connectivity index (χ2n) is 4.55. The Bertz CT molecular complexity index is 661. The van der Waals surface area contributed by atoms with Gasteiger partial charge in [0.05, 0.1) is 11.5 Å². The van der Waals surface area contributed by atoms with Crippen molar-refractivity contribution in [2.45, 2.75) is 11.3 Å². The molecule has 1 aromatic rings. The minimum atomic E-state index is -3.52. The third-order valence-electron chi connectivity index (χ3n) is 3.10. The Kier molecular flexibility index (Phi) is 5.53. The minimum Gasteiger partial charge on any atom is -0.395 e. The molecule has 0 unspecified atom stereocenters. The van der Waals surface area contributed by atoms with Gasteiger partial charge in [-0.2, -0.15) is 4.31 Å². The number of rotatable bonds is 3. The first-order valence-corrected chi connectivity index (χ1v) is 9.52. The van der Waals surface area contributed by atoms with Gasteiger partial charge in [0.15, 0.2) is 0 Å². The molecule has 0 spiro atoms. The first kappa shape index (κ1) is 16.2. The highest BCUT2D eigenvalue weighted by Crippen LogP contribution is 2.18. The van der Waals surface area contributed by atoms with Gasteiger partial charge in [-0.25, -0.2) is 8.42 Å². The fourth-order valence-corrected chi connectivity index (χ4v) is 4.67. The van der Waals surface area contributed by atoms with Gasteiger partial charge in [0.1, 0.15) is 0 Å². The van der Waals surface area contributed by atoms with Crippen LogP contribution in [0, 0.1) is 11.8 Å². The molecule has 1 heterocycles. The lowest BCUT2D eigenvalue weighted by molar-refractivity contribution is 0.305. The summed E-state index contributed by atoms with van der Waals surface area (Å²) in [6.45, 7) is 0.607. The number of aliphatic hydroxyl groups excluding tert-OH is 1. The summed E-state index contributed by atoms with van der Waals surface area (Å²) in [6, 6.07) is 6.37. The largest absolute Gasteiger partial charge is 0.395 e. The summed E-state index contributed by atoms with van der Waals surface area (Å²) in [4.78, 5) is 0.225. The van der Waals surface area contributed by atoms with Gasteiger partial charge in [0, 0.05) is 47.4 Å². The van der Waals surface area contributed by atoms with Gasteiger partial charge in [0.25, 0.3) is 0 Å². The summed E-state index contributed by atoms with van der Waals surface area (Å²) in [5.74, 6) is 6.42. The van der Waals surface area contributed by atoms with Crippen molar-refractivity contribution in [3.63, 3.8) is 0 Å². The number of aliphatic hydroxyl groups is 1. The third-order valence-corrected chi connectivity index (χ3v) is 6.29. The predicted molar refractivity (Wildman–Crippen MR) is 81.7 cm³/mol. The van der Waals surface area contributed by atoms with Crippen LogP contribution in [-0.4, -0.2) is 53.2 Å². The fourth-order valence-electron chi connectivity index (χ4n) is 1.94. The molecule has 1 aromatic carbocycles. The zero-order chi connectivity index (χ0) is 15.3. The van der Waals surface area contributed by atoms with E-state index < -0.39 is 20.8 Å². The van der Waals surface area contributed by atoms with Gasteiger partial charge in [-0.1, -0.05) is 11.8 Å². The van der Waals surface area contributed by atoms with Crippen LogP contribution in [0.1, 0.15) is 12.0 Å². The van der Waals surface area contributed by atoms with Gasteiger partial charge in [-0.05, 0) is 24.3 Å². The highest BCUT2D eigenvalue weighted by atomic mass is 32.2. The zero-order valence-electron chi connectivity index (χ0n) is 11.5. The highest BCUT2D eigenvalue weighted by Gasteiger charge is 2.27. The van der Waals surface area contributed by atoms with Gasteiger partial charge in [0.2, 0.25) is 10.0 Å². The molecule has 1 aliphatic heterocycles. The Morgan fingerprint density at radius 3 is 2.38 bits per heavy atom. The average molecular weight is 327 g/mol. The monoisotopic (exact) mass is 327 g/mol. The highest BCUT2D eigenvalue weighted by molar-refractivity contribution is 7.89. The van der Waals surface area contributed by atoms with Crippen molar-refractivity contribution in [3.05, 3.63) is 29.8 Å². The molecule has 0 amide bonds. The lowest BCUT2D eigenvalue weighted by Crippen LogP contribution is -2.41. The summed E-state index contributed by atoms with van der Waals surface area (Å²) in [5, 5.41) is 8.65. The van der Waals surface area contributed by atoms with Gasteiger partial charge >= 0.3 is 0 Å². The summed E-state index contributed by atoms with van der Waals surface area (Å²) >= 11 is 0. The SMILES string of the molecule is O=S1CCN(S(=O)(=O)c2ccc(C#CCCO)cc2)CC1. The van der Waals surface area contributed by atoms with Crippen LogP contribution in [0.4, 0.5) is 0 Å². The van der Waals surface area contributed by atoms with Gasteiger partial charge in [-0.15, -0.1) is 0 Å². The maximum Gasteiger partial charge on any atom is 0.243 e. The number of hydrogen-bond donors (Lipinski definition) is 1. The maximum atomic E-state index is 12.4. The third kappa shape index (κ3) is 4.14. The van der Waals surface area contributed by atoms with Crippen LogP contribution in [0.2, 0.25) is 0 Å². The lowest BCUT2D eigenvalue weighted by Gasteiger charge is -2.25. The molecule has 21 heavy (non-hydrogen) atoms. The molecule has 1 saturated heterocycles. The van der Waals surface area contributed by atoms with Crippen LogP contribution >= 0.6 is 0 Å². The van der Waals surface area contributed by atoms with Crippen molar-refractivity contribution in [2.75, 3.05) is 31.2 Å². The van der Waals surface area contributed by atoms with E-state index in [0.717, 1.165) is 0 Å². The molecule has 1 N–H and O–H groups in total. The van der Waals surface area contributed by atoms with E-state index in [1.807, 2.05) is 0 Å². The molecule has 0 saturated carbocycles. The Balaban J connectivity index is 2.14. The molecule has 0 bridgehead atoms. The molecule has 114 valence electrons. The van der Waals surface area contributed by atoms with Gasteiger partial charge in [-0.3, -0.25) is 4.21 Å². The molecule has 5 nitrogen and oxygen atoms in total. The van der Waals surface area contributed by atoms with E-state index in [9.17, 15) is 12.6 Å². The average Bonchev–Trinajstić information content (AvgIpc) is 2.48. The molecule has 1 fully saturated rings. The van der Waals surface area contributed by atoms with Crippen molar-refractivity contribution in [3.8, 4) is 11.8 Å². The van der Waals surface area contributed by atoms with Crippen LogP contribution in [-0.2, 0) is 20.8 Å². The first-order valence-electron chi connectivity index (χ1n) is 6.59. The molecular formula is C14H17NO4S2. The van der Waals surface area contributed by atoms with Crippen LogP contribution < -0.4 is 0 Å². The molecule has 0 radical (unpaired) electrons. The Labute approximate surface area is 127 Å². The Morgan fingerprint density at radius 2 is 1.81 bits per heavy atom. The van der Waals surface area contributed by atoms with Crippen molar-refractivity contribution >= 4 is 20.8 Å². The summed E-state index contributed by atoms with van der Waals surface area (Å²) in [7, 11) is -4.42. The van der Waals surface area contributed by atoms with E-state index in [1.165, 1.54) is 16.4 Å². The molecule has 0 atom stereocenters. The minimum absolute atomic E-state index is 0.00972. The maximum absolute atomic E-state index is 12.4. The van der Waals surface area contributed by atoms with Crippen molar-refractivity contribution in [2.24, 2.45) is 0 Å². The van der Waals surface area contributed by atoms with Crippen molar-refractivity contribution in [1.29, 1.82) is 0 Å². The standard InChI is InChI=1S/C14H17NO4S2/c16-10-2-1-3-13-4-6-14(7-5-13)21(18,19)15-8-11-20(17)12-9-15/h4-7,16H,2,8-12H2. The molecule has 2 rings (SSSR count). The topological polar surface area (TPSA) is 74.7 Å². The molecular weight excluding hydrogens is 310 g/mol. The number of sulfonamides is 1. The second-order valence-corrected chi connectivity index (χ2v) is 8.19. The van der Waals surface area contributed by atoms with E-state index in [-0.39, 0.29) is 11.5 Å². The number of benzene rings is 1. The van der Waals surface area contributed by atoms with Crippen LogP contribution in [0.15, 0.2) is 29.2 Å². The molecule has 0 aromatic heterocycles. The predicted octanol–water partition coefficient (Wildman–Crippen LogP) is 0.173. The summed E-state index contributed by atoms with van der Waals surface area (Å²) in [5.41, 5.74) is 0.710. The smallest absolute Gasteiger partial charge is 0.243 e. The summed E-state index contributed by atoms with van der Waals surface area (Å²) in [6.07, 6.45) is 0.394. The second kappa shape index (κ2) is 7.18. The Morgan fingerprint density at radius 1 is 1.19 bits per heavy atom. The van der Waals surface area contributed by atoms with Crippen molar-refractivity contribution < 1.29 is 17.7 Å². The summed E-state index contributed by atoms with van der Waals surface area (Å²) < 4.78 is 37.5. The fraction of sp³-hybridized carbons (Fsp3) is 0.429. The van der Waals surface area contributed by atoms with E-state index >= 15 is 0 Å².